The maximum absolute atomic E-state index is 5.66. The van der Waals surface area contributed by atoms with Gasteiger partial charge in [0.05, 0.1) is 19.0 Å². The highest BCUT2D eigenvalue weighted by Crippen LogP contribution is 2.20. The molecule has 0 aromatic carbocycles. The molecule has 0 bridgehead atoms. The molecular formula is C12H22O2. The largest absolute Gasteiger partial charge is 0.498 e. The summed E-state index contributed by atoms with van der Waals surface area (Å²) in [7, 11) is 0. The average molecular weight is 198 g/mol. The van der Waals surface area contributed by atoms with E-state index in [1.54, 1.807) is 0 Å². The normalized spacial score (nSPS) is 24.9. The van der Waals surface area contributed by atoms with Crippen molar-refractivity contribution >= 4 is 0 Å². The summed E-state index contributed by atoms with van der Waals surface area (Å²) in [6.07, 6.45) is 5.84. The van der Waals surface area contributed by atoms with Gasteiger partial charge in [-0.25, -0.2) is 0 Å². The first-order chi connectivity index (χ1) is 6.70. The van der Waals surface area contributed by atoms with E-state index in [2.05, 4.69) is 20.8 Å². The number of rotatable bonds is 3. The molecule has 1 aliphatic rings. The average Bonchev–Trinajstić information content (AvgIpc) is 2.42. The Hall–Kier alpha value is -0.500. The van der Waals surface area contributed by atoms with E-state index in [-0.39, 0.29) is 6.10 Å². The van der Waals surface area contributed by atoms with Gasteiger partial charge in [0.2, 0.25) is 0 Å². The summed E-state index contributed by atoms with van der Waals surface area (Å²) in [6.45, 7) is 8.02. The fourth-order valence-corrected chi connectivity index (χ4v) is 1.65. The molecule has 0 amide bonds. The molecule has 0 aliphatic carbocycles. The lowest BCUT2D eigenvalue weighted by molar-refractivity contribution is 0.0380. The monoisotopic (exact) mass is 198 g/mol. The SMILES string of the molecule is CC(C)=COC(C)C1CCCCOC1. The van der Waals surface area contributed by atoms with Crippen LogP contribution >= 0.6 is 0 Å². The van der Waals surface area contributed by atoms with Crippen molar-refractivity contribution in [2.24, 2.45) is 5.92 Å². The van der Waals surface area contributed by atoms with E-state index < -0.39 is 0 Å². The van der Waals surface area contributed by atoms with Gasteiger partial charge in [-0.3, -0.25) is 0 Å². The van der Waals surface area contributed by atoms with E-state index in [1.165, 1.54) is 24.8 Å². The van der Waals surface area contributed by atoms with E-state index >= 15 is 0 Å². The highest BCUT2D eigenvalue weighted by atomic mass is 16.5. The van der Waals surface area contributed by atoms with Crippen LogP contribution in [0.3, 0.4) is 0 Å². The predicted octanol–water partition coefficient (Wildman–Crippen LogP) is 3.13. The summed E-state index contributed by atoms with van der Waals surface area (Å²) in [5.41, 5.74) is 1.21. The summed E-state index contributed by atoms with van der Waals surface area (Å²) >= 11 is 0. The maximum atomic E-state index is 5.66. The van der Waals surface area contributed by atoms with E-state index in [0.717, 1.165) is 13.2 Å². The molecule has 1 aliphatic heterocycles. The molecule has 0 radical (unpaired) electrons. The van der Waals surface area contributed by atoms with Crippen LogP contribution in [0.25, 0.3) is 0 Å². The Morgan fingerprint density at radius 2 is 2.21 bits per heavy atom. The zero-order valence-electron chi connectivity index (χ0n) is 9.58. The molecule has 2 nitrogen and oxygen atoms in total. The van der Waals surface area contributed by atoms with Crippen LogP contribution < -0.4 is 0 Å². The van der Waals surface area contributed by atoms with Gasteiger partial charge in [-0.05, 0) is 39.2 Å². The Labute approximate surface area is 87.3 Å². The fourth-order valence-electron chi connectivity index (χ4n) is 1.65. The third-order valence-corrected chi connectivity index (χ3v) is 2.63. The highest BCUT2D eigenvalue weighted by Gasteiger charge is 2.19. The fraction of sp³-hybridized carbons (Fsp3) is 0.833. The Morgan fingerprint density at radius 3 is 2.93 bits per heavy atom. The second-order valence-corrected chi connectivity index (χ2v) is 4.37. The number of hydrogen-bond donors (Lipinski definition) is 0. The molecule has 1 rings (SSSR count). The minimum absolute atomic E-state index is 0.281. The Morgan fingerprint density at radius 1 is 1.43 bits per heavy atom. The minimum atomic E-state index is 0.281. The number of ether oxygens (including phenoxy) is 2. The number of allylic oxidation sites excluding steroid dienone is 1. The quantitative estimate of drug-likeness (QED) is 0.649. The molecule has 14 heavy (non-hydrogen) atoms. The second-order valence-electron chi connectivity index (χ2n) is 4.37. The molecule has 1 saturated heterocycles. The van der Waals surface area contributed by atoms with E-state index in [9.17, 15) is 0 Å². The predicted molar refractivity (Wildman–Crippen MR) is 58.1 cm³/mol. The molecule has 82 valence electrons. The standard InChI is InChI=1S/C12H22O2/c1-10(2)8-14-11(3)12-6-4-5-7-13-9-12/h8,11-12H,4-7,9H2,1-3H3. The first-order valence-electron chi connectivity index (χ1n) is 5.56. The van der Waals surface area contributed by atoms with Crippen molar-refractivity contribution in [3.63, 3.8) is 0 Å². The molecule has 0 spiro atoms. The molecular weight excluding hydrogens is 176 g/mol. The van der Waals surface area contributed by atoms with E-state index in [0.29, 0.717) is 5.92 Å². The minimum Gasteiger partial charge on any atom is -0.498 e. The zero-order chi connectivity index (χ0) is 10.4. The molecule has 2 atom stereocenters. The Kier molecular flexibility index (Phi) is 5.02. The Balaban J connectivity index is 2.34. The van der Waals surface area contributed by atoms with Crippen LogP contribution in [0.4, 0.5) is 0 Å². The number of hydrogen-bond acceptors (Lipinski definition) is 2. The molecule has 1 heterocycles. The van der Waals surface area contributed by atoms with Gasteiger partial charge in [0.25, 0.3) is 0 Å². The van der Waals surface area contributed by atoms with Gasteiger partial charge in [0.15, 0.2) is 0 Å². The summed E-state index contributed by atoms with van der Waals surface area (Å²) in [5, 5.41) is 0. The van der Waals surface area contributed by atoms with E-state index in [4.69, 9.17) is 9.47 Å². The Bertz CT molecular complexity index is 175. The molecule has 0 aromatic heterocycles. The van der Waals surface area contributed by atoms with Crippen molar-refractivity contribution in [1.82, 2.24) is 0 Å². The van der Waals surface area contributed by atoms with Gasteiger partial charge in [0.1, 0.15) is 0 Å². The molecule has 2 unspecified atom stereocenters. The lowest BCUT2D eigenvalue weighted by atomic mass is 9.99. The lowest BCUT2D eigenvalue weighted by Crippen LogP contribution is -2.22. The first-order valence-corrected chi connectivity index (χ1v) is 5.56. The molecule has 2 heteroatoms. The highest BCUT2D eigenvalue weighted by molar-refractivity contribution is 4.87. The summed E-state index contributed by atoms with van der Waals surface area (Å²) < 4.78 is 11.2. The van der Waals surface area contributed by atoms with E-state index in [1.807, 2.05) is 6.26 Å². The van der Waals surface area contributed by atoms with Crippen LogP contribution in [0.5, 0.6) is 0 Å². The third-order valence-electron chi connectivity index (χ3n) is 2.63. The molecule has 0 aromatic rings. The molecule has 0 saturated carbocycles. The van der Waals surface area contributed by atoms with Crippen LogP contribution in [0.2, 0.25) is 0 Å². The maximum Gasteiger partial charge on any atom is 0.1000 e. The van der Waals surface area contributed by atoms with Gasteiger partial charge < -0.3 is 9.47 Å². The van der Waals surface area contributed by atoms with Crippen molar-refractivity contribution in [2.45, 2.75) is 46.1 Å². The van der Waals surface area contributed by atoms with Crippen LogP contribution in [0.15, 0.2) is 11.8 Å². The van der Waals surface area contributed by atoms with Crippen molar-refractivity contribution < 1.29 is 9.47 Å². The van der Waals surface area contributed by atoms with Crippen molar-refractivity contribution in [1.29, 1.82) is 0 Å². The van der Waals surface area contributed by atoms with Gasteiger partial charge >= 0.3 is 0 Å². The third kappa shape index (κ3) is 4.14. The van der Waals surface area contributed by atoms with Crippen molar-refractivity contribution in [2.75, 3.05) is 13.2 Å². The molecule has 0 N–H and O–H groups in total. The van der Waals surface area contributed by atoms with Crippen LogP contribution in [0.1, 0.15) is 40.0 Å². The summed E-state index contributed by atoms with van der Waals surface area (Å²) in [4.78, 5) is 0. The molecule has 1 fully saturated rings. The van der Waals surface area contributed by atoms with Gasteiger partial charge in [-0.15, -0.1) is 0 Å². The zero-order valence-corrected chi connectivity index (χ0v) is 9.58. The summed E-state index contributed by atoms with van der Waals surface area (Å²) in [5.74, 6) is 0.563. The topological polar surface area (TPSA) is 18.5 Å². The lowest BCUT2D eigenvalue weighted by Gasteiger charge is -2.21. The van der Waals surface area contributed by atoms with Crippen molar-refractivity contribution in [3.05, 3.63) is 11.8 Å². The summed E-state index contributed by atoms with van der Waals surface area (Å²) in [6, 6.07) is 0. The van der Waals surface area contributed by atoms with Crippen LogP contribution in [0, 0.1) is 5.92 Å². The van der Waals surface area contributed by atoms with Gasteiger partial charge in [0, 0.05) is 12.5 Å². The first kappa shape index (κ1) is 11.6. The van der Waals surface area contributed by atoms with Gasteiger partial charge in [-0.1, -0.05) is 6.42 Å². The van der Waals surface area contributed by atoms with Crippen LogP contribution in [-0.2, 0) is 9.47 Å². The second kappa shape index (κ2) is 6.07. The van der Waals surface area contributed by atoms with Crippen molar-refractivity contribution in [3.8, 4) is 0 Å². The van der Waals surface area contributed by atoms with Gasteiger partial charge in [-0.2, -0.15) is 0 Å². The smallest absolute Gasteiger partial charge is 0.1000 e. The van der Waals surface area contributed by atoms with Crippen LogP contribution in [-0.4, -0.2) is 19.3 Å².